The van der Waals surface area contributed by atoms with Gasteiger partial charge in [-0.3, -0.25) is 19.1 Å². The molecule has 13 nitrogen and oxygen atoms in total. The highest BCUT2D eigenvalue weighted by molar-refractivity contribution is 5.92. The molecule has 1 aliphatic carbocycles. The smallest absolute Gasteiger partial charge is 0.337 e. The van der Waals surface area contributed by atoms with Crippen molar-refractivity contribution in [1.82, 2.24) is 39.0 Å². The molecular formula is C32H34F2N8O5. The quantitative estimate of drug-likeness (QED) is 0.287. The van der Waals surface area contributed by atoms with Crippen molar-refractivity contribution in [2.45, 2.75) is 44.4 Å². The van der Waals surface area contributed by atoms with Crippen LogP contribution in [0.15, 0.2) is 58.5 Å². The van der Waals surface area contributed by atoms with Gasteiger partial charge in [0.15, 0.2) is 5.65 Å². The number of amides is 1. The molecule has 1 aromatic carbocycles. The summed E-state index contributed by atoms with van der Waals surface area (Å²) < 4.78 is 43.4. The summed E-state index contributed by atoms with van der Waals surface area (Å²) in [5.41, 5.74) is -0.531. The average molecular weight is 649 g/mol. The number of aromatic nitrogens is 5. The van der Waals surface area contributed by atoms with Crippen LogP contribution in [-0.4, -0.2) is 85.1 Å². The molecule has 3 aromatic heterocycles. The van der Waals surface area contributed by atoms with E-state index in [0.717, 1.165) is 31.9 Å². The number of imidazole rings is 1. The summed E-state index contributed by atoms with van der Waals surface area (Å²) in [6, 6.07) is 7.39. The van der Waals surface area contributed by atoms with E-state index in [4.69, 9.17) is 9.47 Å². The van der Waals surface area contributed by atoms with E-state index in [1.807, 2.05) is 0 Å². The van der Waals surface area contributed by atoms with Gasteiger partial charge in [0.1, 0.15) is 36.4 Å². The molecule has 2 fully saturated rings. The second kappa shape index (κ2) is 13.1. The van der Waals surface area contributed by atoms with Gasteiger partial charge in [0.2, 0.25) is 0 Å². The molecule has 4 aromatic rings. The Morgan fingerprint density at radius 3 is 2.72 bits per heavy atom. The van der Waals surface area contributed by atoms with Gasteiger partial charge < -0.3 is 19.4 Å². The lowest BCUT2D eigenvalue weighted by atomic mass is 9.90. The number of pyridine rings is 1. The van der Waals surface area contributed by atoms with E-state index in [0.29, 0.717) is 67.9 Å². The molecule has 0 radical (unpaired) electrons. The second-order valence-electron chi connectivity index (χ2n) is 11.9. The third-order valence-corrected chi connectivity index (χ3v) is 8.86. The third kappa shape index (κ3) is 6.40. The summed E-state index contributed by atoms with van der Waals surface area (Å²) >= 11 is 0. The number of halogens is 2. The van der Waals surface area contributed by atoms with Crippen LogP contribution in [0.2, 0.25) is 0 Å². The predicted molar refractivity (Wildman–Crippen MR) is 167 cm³/mol. The van der Waals surface area contributed by atoms with E-state index < -0.39 is 23.1 Å². The summed E-state index contributed by atoms with van der Waals surface area (Å²) in [5, 5.41) is 3.45. The number of nitrogens with one attached hydrogen (secondary N) is 1. The second-order valence-corrected chi connectivity index (χ2v) is 11.9. The molecule has 1 saturated carbocycles. The number of rotatable bonds is 8. The minimum atomic E-state index is -0.686. The standard InChI is InChI=1S/C32H34F2N8O5/c33-21-16-26-29(35-18-21)41(24-2-1-3-25(17-24)47-15-12-38-10-13-46-14-11-38)32(45)42(31(26)44)23-6-4-22(5-7-23)36-30(43)27-19-39-20-40(34)9-8-28(39)37-27/h1-3,8-9,16-19,22-23H,4-7,10-15,20H2,(H,36,43). The van der Waals surface area contributed by atoms with Crippen molar-refractivity contribution in [3.8, 4) is 11.4 Å². The van der Waals surface area contributed by atoms with Crippen molar-refractivity contribution in [3.05, 3.63) is 87.1 Å². The minimum Gasteiger partial charge on any atom is -0.492 e. The van der Waals surface area contributed by atoms with Crippen LogP contribution < -0.4 is 21.3 Å². The Hall–Kier alpha value is -4.89. The first-order chi connectivity index (χ1) is 22.8. The average Bonchev–Trinajstić information content (AvgIpc) is 3.50. The first-order valence-electron chi connectivity index (χ1n) is 15.7. The molecule has 5 heterocycles. The van der Waals surface area contributed by atoms with Crippen LogP contribution in [0.25, 0.3) is 22.8 Å². The summed E-state index contributed by atoms with van der Waals surface area (Å²) in [4.78, 5) is 51.4. The van der Waals surface area contributed by atoms with Gasteiger partial charge in [-0.1, -0.05) is 10.5 Å². The fraction of sp³-hybridized carbons (Fsp3) is 0.406. The van der Waals surface area contributed by atoms with Gasteiger partial charge in [-0.25, -0.2) is 23.7 Å². The Balaban J connectivity index is 1.10. The van der Waals surface area contributed by atoms with E-state index >= 15 is 0 Å². The largest absolute Gasteiger partial charge is 0.492 e. The zero-order valence-corrected chi connectivity index (χ0v) is 25.6. The third-order valence-electron chi connectivity index (χ3n) is 8.86. The lowest BCUT2D eigenvalue weighted by Gasteiger charge is -2.30. The zero-order valence-electron chi connectivity index (χ0n) is 25.6. The van der Waals surface area contributed by atoms with E-state index in [1.165, 1.54) is 32.2 Å². The molecule has 15 heteroatoms. The first-order valence-corrected chi connectivity index (χ1v) is 15.7. The number of hydrogen-bond donors (Lipinski definition) is 1. The lowest BCUT2D eigenvalue weighted by molar-refractivity contribution is 0.0322. The highest BCUT2D eigenvalue weighted by atomic mass is 19.2. The fourth-order valence-corrected chi connectivity index (χ4v) is 6.43. The molecule has 47 heavy (non-hydrogen) atoms. The SMILES string of the molecule is O=C(NC1CCC(n2c(=O)c3cc(F)cnc3n(-c3cccc(OCCN4CCOCC4)c3)c2=O)CC1)c1cn2c(n1)C=CN(F)C2. The van der Waals surface area contributed by atoms with Crippen molar-refractivity contribution in [1.29, 1.82) is 0 Å². The van der Waals surface area contributed by atoms with Gasteiger partial charge in [-0.15, -0.1) is 0 Å². The van der Waals surface area contributed by atoms with Gasteiger partial charge in [0.25, 0.3) is 11.5 Å². The lowest BCUT2D eigenvalue weighted by Crippen LogP contribution is -2.45. The molecule has 1 amide bonds. The molecular weight excluding hydrogens is 614 g/mol. The number of fused-ring (bicyclic) bond motifs is 2. The number of hydrogen-bond acceptors (Lipinski definition) is 9. The summed E-state index contributed by atoms with van der Waals surface area (Å²) in [7, 11) is 0. The molecule has 2 aliphatic heterocycles. The van der Waals surface area contributed by atoms with Crippen LogP contribution in [0.3, 0.4) is 0 Å². The Labute approximate surface area is 267 Å². The van der Waals surface area contributed by atoms with Crippen LogP contribution >= 0.6 is 0 Å². The van der Waals surface area contributed by atoms with Crippen molar-refractivity contribution in [2.24, 2.45) is 0 Å². The van der Waals surface area contributed by atoms with Gasteiger partial charge in [0.05, 0.1) is 30.5 Å². The number of carbonyl (C=O) groups is 1. The van der Waals surface area contributed by atoms with Crippen LogP contribution in [0.5, 0.6) is 5.75 Å². The normalized spacial score (nSPS) is 19.9. The molecule has 7 rings (SSSR count). The van der Waals surface area contributed by atoms with Crippen molar-refractivity contribution in [3.63, 3.8) is 0 Å². The Morgan fingerprint density at radius 2 is 1.91 bits per heavy atom. The van der Waals surface area contributed by atoms with Crippen LogP contribution in [0, 0.1) is 5.82 Å². The van der Waals surface area contributed by atoms with Crippen LogP contribution in [0.1, 0.15) is 48.0 Å². The summed E-state index contributed by atoms with van der Waals surface area (Å²) in [6.45, 7) is 4.18. The van der Waals surface area contributed by atoms with Gasteiger partial charge >= 0.3 is 5.69 Å². The number of nitrogens with zero attached hydrogens (tertiary/aromatic N) is 7. The number of benzene rings is 1. The van der Waals surface area contributed by atoms with Gasteiger partial charge in [0, 0.05) is 50.2 Å². The zero-order chi connectivity index (χ0) is 32.5. The molecule has 0 spiro atoms. The molecule has 1 saturated heterocycles. The monoisotopic (exact) mass is 648 g/mol. The summed E-state index contributed by atoms with van der Waals surface area (Å²) in [6.07, 6.45) is 7.07. The molecule has 1 N–H and O–H groups in total. The molecule has 246 valence electrons. The maximum atomic E-state index is 14.4. The van der Waals surface area contributed by atoms with E-state index in [-0.39, 0.29) is 35.3 Å². The number of ether oxygens (including phenoxy) is 2. The van der Waals surface area contributed by atoms with Crippen molar-refractivity contribution < 1.29 is 23.1 Å². The van der Waals surface area contributed by atoms with E-state index in [1.54, 1.807) is 24.3 Å². The highest BCUT2D eigenvalue weighted by Crippen LogP contribution is 2.28. The molecule has 3 aliphatic rings. The first kappa shape index (κ1) is 30.7. The van der Waals surface area contributed by atoms with Gasteiger partial charge in [-0.05, 0) is 50.0 Å². The number of carbonyl (C=O) groups excluding carboxylic acids is 1. The number of morpholine rings is 1. The molecule has 0 bridgehead atoms. The van der Waals surface area contributed by atoms with Crippen LogP contribution in [0.4, 0.5) is 8.87 Å². The van der Waals surface area contributed by atoms with E-state index in [9.17, 15) is 23.3 Å². The van der Waals surface area contributed by atoms with Gasteiger partial charge in [-0.2, -0.15) is 5.12 Å². The summed E-state index contributed by atoms with van der Waals surface area (Å²) in [5.74, 6) is -0.0408. The Bertz CT molecular complexity index is 1940. The fourth-order valence-electron chi connectivity index (χ4n) is 6.43. The minimum absolute atomic E-state index is 0.0108. The topological polar surface area (TPSA) is 129 Å². The maximum Gasteiger partial charge on any atom is 0.337 e. The molecule has 0 unspecified atom stereocenters. The predicted octanol–water partition coefficient (Wildman–Crippen LogP) is 2.64. The van der Waals surface area contributed by atoms with Crippen LogP contribution in [-0.2, 0) is 11.4 Å². The maximum absolute atomic E-state index is 14.4. The Morgan fingerprint density at radius 1 is 1.11 bits per heavy atom. The van der Waals surface area contributed by atoms with Crippen molar-refractivity contribution >= 4 is 23.0 Å². The van der Waals surface area contributed by atoms with Crippen molar-refractivity contribution in [2.75, 3.05) is 39.5 Å². The highest BCUT2D eigenvalue weighted by Gasteiger charge is 2.29. The Kier molecular flexibility index (Phi) is 8.56. The van der Waals surface area contributed by atoms with E-state index in [2.05, 4.69) is 20.2 Å². The molecule has 0 atom stereocenters.